The smallest absolute Gasteiger partial charge is 0.208 e. The fourth-order valence-corrected chi connectivity index (χ4v) is 3.82. The van der Waals surface area contributed by atoms with Gasteiger partial charge in [0.05, 0.1) is 17.0 Å². The van der Waals surface area contributed by atoms with Crippen molar-refractivity contribution in [2.75, 3.05) is 12.3 Å². The number of halogens is 1. The first-order valence-electron chi connectivity index (χ1n) is 7.72. The normalized spacial score (nSPS) is 16.4. The molecule has 3 heterocycles. The van der Waals surface area contributed by atoms with Crippen LogP contribution >= 0.6 is 11.3 Å². The Labute approximate surface area is 147 Å². The van der Waals surface area contributed by atoms with Crippen LogP contribution in [-0.4, -0.2) is 22.4 Å². The number of aromatic nitrogens is 2. The van der Waals surface area contributed by atoms with Gasteiger partial charge in [0, 0.05) is 6.20 Å². The lowest BCUT2D eigenvalue weighted by molar-refractivity contribution is 0.0698. The molecular weight excluding hydrogens is 341 g/mol. The Morgan fingerprint density at radius 2 is 2.24 bits per heavy atom. The number of hydrogen-bond acceptors (Lipinski definition) is 6. The quantitative estimate of drug-likeness (QED) is 0.730. The van der Waals surface area contributed by atoms with E-state index in [-0.39, 0.29) is 29.1 Å². The maximum absolute atomic E-state index is 13.6. The number of nitrogen functional groups attached to an aromatic ring is 1. The fourth-order valence-electron chi connectivity index (χ4n) is 2.94. The molecule has 0 bridgehead atoms. The Hall–Kier alpha value is -2.64. The van der Waals surface area contributed by atoms with Gasteiger partial charge in [-0.2, -0.15) is 0 Å². The van der Waals surface area contributed by atoms with Crippen LogP contribution < -0.4 is 5.73 Å². The summed E-state index contributed by atoms with van der Waals surface area (Å²) in [4.78, 5) is 20.8. The largest absolute Gasteiger partial charge is 0.383 e. The molecule has 3 aromatic rings. The van der Waals surface area contributed by atoms with Crippen molar-refractivity contribution < 1.29 is 13.9 Å². The van der Waals surface area contributed by atoms with Crippen molar-refractivity contribution in [3.05, 3.63) is 75.1 Å². The highest BCUT2D eigenvalue weighted by Gasteiger charge is 2.25. The fraction of sp³-hybridized carbons (Fsp3) is 0.167. The average molecular weight is 355 g/mol. The van der Waals surface area contributed by atoms with E-state index in [1.807, 2.05) is 5.38 Å². The third-order valence-electron chi connectivity index (χ3n) is 4.18. The van der Waals surface area contributed by atoms with Crippen molar-refractivity contribution in [2.24, 2.45) is 0 Å². The van der Waals surface area contributed by atoms with Gasteiger partial charge in [-0.1, -0.05) is 6.07 Å². The summed E-state index contributed by atoms with van der Waals surface area (Å²) in [6, 6.07) is 6.52. The lowest BCUT2D eigenvalue weighted by Gasteiger charge is -2.25. The molecule has 1 aliphatic rings. The van der Waals surface area contributed by atoms with E-state index >= 15 is 0 Å². The molecule has 1 aliphatic heterocycles. The molecule has 0 fully saturated rings. The third-order valence-corrected chi connectivity index (χ3v) is 5.13. The van der Waals surface area contributed by atoms with E-state index < -0.39 is 0 Å². The van der Waals surface area contributed by atoms with Crippen LogP contribution in [0.4, 0.5) is 10.2 Å². The van der Waals surface area contributed by atoms with Crippen molar-refractivity contribution in [1.29, 1.82) is 0 Å². The SMILES string of the molecule is Nc1ncncc1C(=O)c1cc(C2OCCc3ccc(F)cc32)cs1. The average Bonchev–Trinajstić information content (AvgIpc) is 3.11. The molecule has 5 nitrogen and oxygen atoms in total. The lowest BCUT2D eigenvalue weighted by atomic mass is 9.94. The second-order valence-electron chi connectivity index (χ2n) is 5.74. The van der Waals surface area contributed by atoms with Gasteiger partial charge >= 0.3 is 0 Å². The van der Waals surface area contributed by atoms with Gasteiger partial charge in [-0.25, -0.2) is 14.4 Å². The van der Waals surface area contributed by atoms with Crippen LogP contribution in [0, 0.1) is 5.82 Å². The van der Waals surface area contributed by atoms with Crippen molar-refractivity contribution in [1.82, 2.24) is 9.97 Å². The van der Waals surface area contributed by atoms with Crippen LogP contribution in [0.15, 0.2) is 42.2 Å². The molecule has 0 radical (unpaired) electrons. The molecule has 25 heavy (non-hydrogen) atoms. The Morgan fingerprint density at radius 3 is 3.08 bits per heavy atom. The minimum Gasteiger partial charge on any atom is -0.383 e. The highest BCUT2D eigenvalue weighted by atomic mass is 32.1. The number of carbonyl (C=O) groups excluding carboxylic acids is 1. The molecule has 0 saturated carbocycles. The van der Waals surface area contributed by atoms with E-state index in [0.717, 1.165) is 23.1 Å². The highest BCUT2D eigenvalue weighted by Crippen LogP contribution is 2.35. The lowest BCUT2D eigenvalue weighted by Crippen LogP contribution is -2.17. The number of anilines is 1. The van der Waals surface area contributed by atoms with Crippen LogP contribution in [0.25, 0.3) is 0 Å². The Morgan fingerprint density at radius 1 is 1.36 bits per heavy atom. The number of hydrogen-bond donors (Lipinski definition) is 1. The molecule has 7 heteroatoms. The number of benzene rings is 1. The molecule has 1 atom stereocenters. The second kappa shape index (κ2) is 6.34. The summed E-state index contributed by atoms with van der Waals surface area (Å²) in [5.74, 6) is -0.379. The minimum absolute atomic E-state index is 0.149. The predicted molar refractivity (Wildman–Crippen MR) is 92.1 cm³/mol. The number of nitrogens with zero attached hydrogens (tertiary/aromatic N) is 2. The number of thiophene rings is 1. The first kappa shape index (κ1) is 15.9. The van der Waals surface area contributed by atoms with E-state index in [9.17, 15) is 9.18 Å². The molecule has 0 spiro atoms. The van der Waals surface area contributed by atoms with E-state index in [1.54, 1.807) is 12.1 Å². The Bertz CT molecular complexity index is 957. The number of ether oxygens (including phenoxy) is 1. The minimum atomic E-state index is -0.373. The van der Waals surface area contributed by atoms with Gasteiger partial charge < -0.3 is 10.5 Å². The third kappa shape index (κ3) is 2.92. The number of nitrogens with two attached hydrogens (primary N) is 1. The van der Waals surface area contributed by atoms with E-state index in [2.05, 4.69) is 9.97 Å². The Balaban J connectivity index is 1.68. The Kier molecular flexibility index (Phi) is 4.03. The zero-order chi connectivity index (χ0) is 17.4. The molecule has 1 unspecified atom stereocenters. The maximum Gasteiger partial charge on any atom is 0.208 e. The monoisotopic (exact) mass is 355 g/mol. The standard InChI is InChI=1S/C18H14FN3O2S/c19-12-2-1-10-3-4-24-17(13(10)6-12)11-5-15(25-8-11)16(23)14-7-21-9-22-18(14)20/h1-2,5-9,17H,3-4H2,(H2,20,21,22). The van der Waals surface area contributed by atoms with Crippen molar-refractivity contribution >= 4 is 22.9 Å². The first-order chi connectivity index (χ1) is 12.1. The summed E-state index contributed by atoms with van der Waals surface area (Å²) < 4.78 is 19.5. The zero-order valence-corrected chi connectivity index (χ0v) is 13.9. The summed E-state index contributed by atoms with van der Waals surface area (Å²) >= 11 is 1.30. The van der Waals surface area contributed by atoms with Gasteiger partial charge in [0.2, 0.25) is 5.78 Å². The van der Waals surface area contributed by atoms with Gasteiger partial charge in [0.25, 0.3) is 0 Å². The van der Waals surface area contributed by atoms with Crippen LogP contribution in [0.3, 0.4) is 0 Å². The molecule has 126 valence electrons. The molecule has 0 aliphatic carbocycles. The van der Waals surface area contributed by atoms with Gasteiger partial charge in [-0.3, -0.25) is 4.79 Å². The molecular formula is C18H14FN3O2S. The van der Waals surface area contributed by atoms with Crippen LogP contribution in [-0.2, 0) is 11.2 Å². The first-order valence-corrected chi connectivity index (χ1v) is 8.60. The summed E-state index contributed by atoms with van der Waals surface area (Å²) in [6.45, 7) is 0.557. The summed E-state index contributed by atoms with van der Waals surface area (Å²) in [5, 5.41) is 1.86. The van der Waals surface area contributed by atoms with E-state index in [1.165, 1.54) is 36.0 Å². The second-order valence-corrected chi connectivity index (χ2v) is 6.65. The maximum atomic E-state index is 13.6. The van der Waals surface area contributed by atoms with E-state index in [0.29, 0.717) is 11.5 Å². The van der Waals surface area contributed by atoms with Gasteiger partial charge in [-0.05, 0) is 46.7 Å². The molecule has 2 aromatic heterocycles. The predicted octanol–water partition coefficient (Wildman–Crippen LogP) is 3.15. The number of fused-ring (bicyclic) bond motifs is 1. The highest BCUT2D eigenvalue weighted by molar-refractivity contribution is 7.12. The van der Waals surface area contributed by atoms with E-state index in [4.69, 9.17) is 10.5 Å². The van der Waals surface area contributed by atoms with Crippen LogP contribution in [0.5, 0.6) is 0 Å². The molecule has 1 aromatic carbocycles. The zero-order valence-electron chi connectivity index (χ0n) is 13.1. The van der Waals surface area contributed by atoms with Crippen molar-refractivity contribution in [3.8, 4) is 0 Å². The molecule has 0 amide bonds. The molecule has 2 N–H and O–H groups in total. The van der Waals surface area contributed by atoms with Gasteiger partial charge in [0.1, 0.15) is 24.1 Å². The summed E-state index contributed by atoms with van der Waals surface area (Å²) in [6.07, 6.45) is 3.08. The topological polar surface area (TPSA) is 78.1 Å². The van der Waals surface area contributed by atoms with Crippen LogP contribution in [0.1, 0.15) is 38.0 Å². The molecule has 0 saturated heterocycles. The van der Waals surface area contributed by atoms with Crippen molar-refractivity contribution in [3.63, 3.8) is 0 Å². The van der Waals surface area contributed by atoms with Gasteiger partial charge in [-0.15, -0.1) is 11.3 Å². The van der Waals surface area contributed by atoms with Crippen LogP contribution in [0.2, 0.25) is 0 Å². The molecule has 4 rings (SSSR count). The van der Waals surface area contributed by atoms with Gasteiger partial charge in [0.15, 0.2) is 0 Å². The number of ketones is 1. The number of rotatable bonds is 3. The summed E-state index contributed by atoms with van der Waals surface area (Å²) in [5.41, 5.74) is 8.73. The van der Waals surface area contributed by atoms with Crippen molar-refractivity contribution in [2.45, 2.75) is 12.5 Å². The number of carbonyl (C=O) groups is 1. The summed E-state index contributed by atoms with van der Waals surface area (Å²) in [7, 11) is 0.